The second kappa shape index (κ2) is 8.39. The van der Waals surface area contributed by atoms with Gasteiger partial charge in [0, 0.05) is 13.5 Å². The molecule has 0 radical (unpaired) electrons. The maximum atomic E-state index is 12.7. The van der Waals surface area contributed by atoms with Gasteiger partial charge in [-0.25, -0.2) is 4.98 Å². The van der Waals surface area contributed by atoms with Crippen molar-refractivity contribution in [3.63, 3.8) is 0 Å². The fraction of sp³-hybridized carbons (Fsp3) is 0.333. The van der Waals surface area contributed by atoms with Gasteiger partial charge >= 0.3 is 0 Å². The number of fused-ring (bicyclic) bond motifs is 1. The van der Waals surface area contributed by atoms with Crippen LogP contribution in [0.15, 0.2) is 42.5 Å². The zero-order valence-corrected chi connectivity index (χ0v) is 16.9. The van der Waals surface area contributed by atoms with E-state index in [2.05, 4.69) is 11.1 Å². The number of rotatable bonds is 7. The van der Waals surface area contributed by atoms with Crippen LogP contribution in [0.25, 0.3) is 10.2 Å². The number of nitrogens with zero attached hydrogens (tertiary/aromatic N) is 2. The largest absolute Gasteiger partial charge is 0.497 e. The van der Waals surface area contributed by atoms with Gasteiger partial charge in [0.05, 0.1) is 30.5 Å². The van der Waals surface area contributed by atoms with Crippen molar-refractivity contribution in [2.75, 3.05) is 21.3 Å². The molecule has 0 spiro atoms. The van der Waals surface area contributed by atoms with Crippen molar-refractivity contribution < 1.29 is 14.3 Å². The van der Waals surface area contributed by atoms with E-state index in [1.165, 1.54) is 0 Å². The van der Waals surface area contributed by atoms with Crippen LogP contribution < -0.4 is 9.47 Å². The summed E-state index contributed by atoms with van der Waals surface area (Å²) in [5.41, 5.74) is 1.94. The number of para-hydroxylation sites is 1. The maximum absolute atomic E-state index is 12.7. The van der Waals surface area contributed by atoms with Crippen molar-refractivity contribution in [2.45, 2.75) is 25.8 Å². The minimum absolute atomic E-state index is 0.0675. The maximum Gasteiger partial charge on any atom is 0.223 e. The first-order valence-corrected chi connectivity index (χ1v) is 9.67. The molecule has 27 heavy (non-hydrogen) atoms. The second-order valence-corrected chi connectivity index (χ2v) is 7.44. The molecule has 1 amide bonds. The molecule has 1 aromatic heterocycles. The minimum Gasteiger partial charge on any atom is -0.497 e. The average molecular weight is 385 g/mol. The number of methoxy groups -OCH3 is 2. The van der Waals surface area contributed by atoms with Gasteiger partial charge in [-0.1, -0.05) is 12.1 Å². The van der Waals surface area contributed by atoms with Crippen molar-refractivity contribution in [3.05, 3.63) is 53.0 Å². The molecule has 1 atom stereocenters. The van der Waals surface area contributed by atoms with E-state index in [0.29, 0.717) is 12.8 Å². The monoisotopic (exact) mass is 384 g/mol. The Labute approximate surface area is 163 Å². The van der Waals surface area contributed by atoms with E-state index in [0.717, 1.165) is 32.3 Å². The zero-order chi connectivity index (χ0) is 19.4. The summed E-state index contributed by atoms with van der Waals surface area (Å²) >= 11 is 1.64. The molecular weight excluding hydrogens is 360 g/mol. The van der Waals surface area contributed by atoms with Gasteiger partial charge in [-0.2, -0.15) is 0 Å². The van der Waals surface area contributed by atoms with Gasteiger partial charge in [-0.05, 0) is 49.2 Å². The molecule has 0 saturated carbocycles. The molecule has 0 aliphatic heterocycles. The summed E-state index contributed by atoms with van der Waals surface area (Å²) in [7, 11) is 5.10. The molecule has 5 nitrogen and oxygen atoms in total. The van der Waals surface area contributed by atoms with Crippen LogP contribution in [-0.4, -0.2) is 37.1 Å². The Kier molecular flexibility index (Phi) is 5.96. The van der Waals surface area contributed by atoms with Gasteiger partial charge in [0.25, 0.3) is 0 Å². The Balaban J connectivity index is 1.68. The number of thiazole rings is 1. The van der Waals surface area contributed by atoms with E-state index in [9.17, 15) is 4.79 Å². The lowest BCUT2D eigenvalue weighted by molar-refractivity contribution is -0.131. The molecule has 6 heteroatoms. The van der Waals surface area contributed by atoms with Crippen molar-refractivity contribution in [1.82, 2.24) is 9.88 Å². The highest BCUT2D eigenvalue weighted by atomic mass is 32.1. The van der Waals surface area contributed by atoms with Crippen LogP contribution in [0, 0.1) is 0 Å². The topological polar surface area (TPSA) is 51.7 Å². The molecule has 0 bridgehead atoms. The lowest BCUT2D eigenvalue weighted by Gasteiger charge is -2.23. The summed E-state index contributed by atoms with van der Waals surface area (Å²) in [5, 5.41) is 0.950. The molecule has 3 rings (SSSR count). The molecule has 3 aromatic rings. The Bertz CT molecular complexity index is 905. The molecule has 1 unspecified atom stereocenters. The molecule has 0 N–H and O–H groups in total. The molecule has 1 heterocycles. The molecule has 0 aliphatic rings. The summed E-state index contributed by atoms with van der Waals surface area (Å²) in [6, 6.07) is 13.6. The van der Waals surface area contributed by atoms with Gasteiger partial charge in [0.2, 0.25) is 5.91 Å². The molecular formula is C21H24N2O3S. The predicted octanol–water partition coefficient (Wildman–Crippen LogP) is 4.47. The fourth-order valence-corrected chi connectivity index (χ4v) is 4.01. The molecule has 2 aromatic carbocycles. The summed E-state index contributed by atoms with van der Waals surface area (Å²) in [6.07, 6.45) is 0.991. The number of hydrogen-bond acceptors (Lipinski definition) is 5. The standard InChI is InChI=1S/C21H24N2O3S/c1-14(21-22-17-7-5-6-8-19(17)27-21)23(2)20(24)12-9-15-13-16(25-3)10-11-18(15)26-4/h5-8,10-11,13-14H,9,12H2,1-4H3. The van der Waals surface area contributed by atoms with E-state index in [1.807, 2.05) is 50.4 Å². The number of benzene rings is 2. The van der Waals surface area contributed by atoms with Crippen LogP contribution in [-0.2, 0) is 11.2 Å². The summed E-state index contributed by atoms with van der Waals surface area (Å²) in [6.45, 7) is 2.02. The highest BCUT2D eigenvalue weighted by Crippen LogP contribution is 2.30. The highest BCUT2D eigenvalue weighted by Gasteiger charge is 2.21. The summed E-state index contributed by atoms with van der Waals surface area (Å²) in [4.78, 5) is 19.2. The van der Waals surface area contributed by atoms with E-state index in [1.54, 1.807) is 30.5 Å². The predicted molar refractivity (Wildman–Crippen MR) is 109 cm³/mol. The number of amides is 1. The summed E-state index contributed by atoms with van der Waals surface area (Å²) < 4.78 is 11.8. The van der Waals surface area contributed by atoms with Gasteiger partial charge in [0.15, 0.2) is 0 Å². The fourth-order valence-electron chi connectivity index (χ4n) is 2.95. The van der Waals surface area contributed by atoms with Crippen LogP contribution in [0.2, 0.25) is 0 Å². The third kappa shape index (κ3) is 4.22. The van der Waals surface area contributed by atoms with Crippen molar-refractivity contribution in [2.24, 2.45) is 0 Å². The zero-order valence-electron chi connectivity index (χ0n) is 16.1. The van der Waals surface area contributed by atoms with E-state index in [-0.39, 0.29) is 11.9 Å². The van der Waals surface area contributed by atoms with Crippen molar-refractivity contribution >= 4 is 27.5 Å². The first-order valence-electron chi connectivity index (χ1n) is 8.85. The summed E-state index contributed by atoms with van der Waals surface area (Å²) in [5.74, 6) is 1.60. The average Bonchev–Trinajstić information content (AvgIpc) is 3.14. The molecule has 0 saturated heterocycles. The van der Waals surface area contributed by atoms with Gasteiger partial charge in [-0.15, -0.1) is 11.3 Å². The van der Waals surface area contributed by atoms with E-state index in [4.69, 9.17) is 9.47 Å². The Morgan fingerprint density at radius 1 is 1.19 bits per heavy atom. The van der Waals surface area contributed by atoms with Gasteiger partial charge in [0.1, 0.15) is 16.5 Å². The molecule has 0 aliphatic carbocycles. The first-order chi connectivity index (χ1) is 13.0. The van der Waals surface area contributed by atoms with Gasteiger partial charge < -0.3 is 14.4 Å². The second-order valence-electron chi connectivity index (χ2n) is 6.38. The van der Waals surface area contributed by atoms with Crippen molar-refractivity contribution in [3.8, 4) is 11.5 Å². The third-order valence-corrected chi connectivity index (χ3v) is 5.94. The number of carbonyl (C=O) groups excluding carboxylic acids is 1. The molecule has 0 fully saturated rings. The smallest absolute Gasteiger partial charge is 0.223 e. The SMILES string of the molecule is COc1ccc(OC)c(CCC(=O)N(C)C(C)c2nc3ccccc3s2)c1. The quantitative estimate of drug-likeness (QED) is 0.603. The van der Waals surface area contributed by atoms with Gasteiger partial charge in [-0.3, -0.25) is 4.79 Å². The van der Waals surface area contributed by atoms with Crippen LogP contribution in [0.1, 0.15) is 30.0 Å². The molecule has 142 valence electrons. The number of carbonyl (C=O) groups is 1. The van der Waals surface area contributed by atoms with Crippen LogP contribution in [0.3, 0.4) is 0 Å². The number of hydrogen-bond donors (Lipinski definition) is 0. The van der Waals surface area contributed by atoms with Crippen LogP contribution in [0.4, 0.5) is 0 Å². The minimum atomic E-state index is -0.0675. The van der Waals surface area contributed by atoms with Crippen LogP contribution >= 0.6 is 11.3 Å². The Hall–Kier alpha value is -2.60. The highest BCUT2D eigenvalue weighted by molar-refractivity contribution is 7.18. The third-order valence-electron chi connectivity index (χ3n) is 4.74. The van der Waals surface area contributed by atoms with E-state index >= 15 is 0 Å². The van der Waals surface area contributed by atoms with Crippen LogP contribution in [0.5, 0.6) is 11.5 Å². The lowest BCUT2D eigenvalue weighted by atomic mass is 10.1. The normalized spacial score (nSPS) is 12.0. The Morgan fingerprint density at radius 3 is 2.67 bits per heavy atom. The number of aromatic nitrogens is 1. The number of ether oxygens (including phenoxy) is 2. The lowest BCUT2D eigenvalue weighted by Crippen LogP contribution is -2.29. The first kappa shape index (κ1) is 19.2. The Morgan fingerprint density at radius 2 is 1.96 bits per heavy atom. The van der Waals surface area contributed by atoms with Crippen molar-refractivity contribution in [1.29, 1.82) is 0 Å². The number of aryl methyl sites for hydroxylation is 1. The van der Waals surface area contributed by atoms with E-state index < -0.39 is 0 Å².